The van der Waals surface area contributed by atoms with Crippen molar-refractivity contribution in [3.63, 3.8) is 0 Å². The highest BCUT2D eigenvalue weighted by molar-refractivity contribution is 5.99. The molecule has 3 aromatic rings. The van der Waals surface area contributed by atoms with Gasteiger partial charge < -0.3 is 14.9 Å². The van der Waals surface area contributed by atoms with Gasteiger partial charge in [0.2, 0.25) is 11.1 Å². The van der Waals surface area contributed by atoms with Gasteiger partial charge in [-0.15, -0.1) is 0 Å². The maximum absolute atomic E-state index is 13.1. The lowest BCUT2D eigenvalue weighted by atomic mass is 9.91. The van der Waals surface area contributed by atoms with Gasteiger partial charge in [0.25, 0.3) is 0 Å². The molecule has 0 spiro atoms. The van der Waals surface area contributed by atoms with E-state index in [1.54, 1.807) is 6.92 Å². The van der Waals surface area contributed by atoms with Gasteiger partial charge in [-0.05, 0) is 49.4 Å². The number of anilines is 1. The molecule has 0 unspecified atom stereocenters. The number of ether oxygens (including phenoxy) is 1. The number of carbonyl (C=O) groups is 1. The van der Waals surface area contributed by atoms with Crippen LogP contribution in [-0.2, 0) is 4.74 Å². The molecule has 1 aromatic carbocycles. The molecule has 1 aliphatic carbocycles. The zero-order valence-electron chi connectivity index (χ0n) is 16.0. The first-order valence-electron chi connectivity index (χ1n) is 9.92. The number of hydrogen-bond acceptors (Lipinski definition) is 6. The summed E-state index contributed by atoms with van der Waals surface area (Å²) in [6.07, 6.45) is 7.30. The molecule has 28 heavy (non-hydrogen) atoms. The summed E-state index contributed by atoms with van der Waals surface area (Å²) < 4.78 is 10.8. The number of benzene rings is 1. The molecule has 0 radical (unpaired) electrons. The fourth-order valence-corrected chi connectivity index (χ4v) is 4.05. The van der Waals surface area contributed by atoms with Crippen LogP contribution >= 0.6 is 0 Å². The largest absolute Gasteiger partial charge is 0.462 e. The average Bonchev–Trinajstić information content (AvgIpc) is 2.97. The van der Waals surface area contributed by atoms with Crippen LogP contribution in [0, 0.1) is 0 Å². The third-order valence-electron chi connectivity index (χ3n) is 5.54. The second-order valence-electron chi connectivity index (χ2n) is 7.37. The Morgan fingerprint density at radius 3 is 2.64 bits per heavy atom. The van der Waals surface area contributed by atoms with E-state index in [-0.39, 0.29) is 34.5 Å². The van der Waals surface area contributed by atoms with E-state index < -0.39 is 5.97 Å². The summed E-state index contributed by atoms with van der Waals surface area (Å²) >= 11 is 0. The molecule has 1 fully saturated rings. The SMILES string of the molecule is CCOC(=O)c1cc2c(=O)c3cc(C4CCCCCC4)ccc3oc2nc1N. The molecule has 0 amide bonds. The van der Waals surface area contributed by atoms with Crippen molar-refractivity contribution in [1.82, 2.24) is 4.98 Å². The highest BCUT2D eigenvalue weighted by Gasteiger charge is 2.19. The smallest absolute Gasteiger partial charge is 0.341 e. The van der Waals surface area contributed by atoms with E-state index >= 15 is 0 Å². The predicted octanol–water partition coefficient (Wildman–Crippen LogP) is 4.54. The molecule has 2 aromatic heterocycles. The van der Waals surface area contributed by atoms with Gasteiger partial charge in [-0.1, -0.05) is 31.7 Å². The number of nitrogen functional groups attached to an aromatic ring is 1. The highest BCUT2D eigenvalue weighted by atomic mass is 16.5. The van der Waals surface area contributed by atoms with Crippen LogP contribution in [0.25, 0.3) is 22.1 Å². The van der Waals surface area contributed by atoms with Crippen molar-refractivity contribution in [3.8, 4) is 0 Å². The van der Waals surface area contributed by atoms with E-state index in [1.165, 1.54) is 37.3 Å². The van der Waals surface area contributed by atoms with Gasteiger partial charge in [0.15, 0.2) is 0 Å². The molecule has 0 saturated heterocycles. The zero-order chi connectivity index (χ0) is 19.7. The Balaban J connectivity index is 1.85. The number of nitrogens with two attached hydrogens (primary N) is 1. The Hall–Kier alpha value is -2.89. The van der Waals surface area contributed by atoms with E-state index in [4.69, 9.17) is 14.9 Å². The number of carbonyl (C=O) groups excluding carboxylic acids is 1. The number of esters is 1. The van der Waals surface area contributed by atoms with Crippen LogP contribution in [0.1, 0.15) is 67.3 Å². The lowest BCUT2D eigenvalue weighted by Gasteiger charge is -2.15. The monoisotopic (exact) mass is 380 g/mol. The Kier molecular flexibility index (Phi) is 5.03. The molecule has 1 aliphatic rings. The van der Waals surface area contributed by atoms with Gasteiger partial charge in [0, 0.05) is 0 Å². The average molecular weight is 380 g/mol. The first kappa shape index (κ1) is 18.5. The summed E-state index contributed by atoms with van der Waals surface area (Å²) in [6, 6.07) is 7.26. The van der Waals surface area contributed by atoms with Crippen molar-refractivity contribution in [3.05, 3.63) is 45.6 Å². The Morgan fingerprint density at radius 2 is 1.93 bits per heavy atom. The Bertz CT molecular complexity index is 1100. The maximum atomic E-state index is 13.1. The minimum atomic E-state index is -0.596. The van der Waals surface area contributed by atoms with E-state index in [1.807, 2.05) is 18.2 Å². The molecule has 4 rings (SSSR count). The molecular weight excluding hydrogens is 356 g/mol. The molecule has 146 valence electrons. The van der Waals surface area contributed by atoms with Crippen molar-refractivity contribution < 1.29 is 13.9 Å². The van der Waals surface area contributed by atoms with Crippen LogP contribution in [0.5, 0.6) is 0 Å². The van der Waals surface area contributed by atoms with Crippen molar-refractivity contribution in [1.29, 1.82) is 0 Å². The molecule has 6 heteroatoms. The molecule has 0 aliphatic heterocycles. The van der Waals surface area contributed by atoms with E-state index in [0.717, 1.165) is 12.8 Å². The number of aromatic nitrogens is 1. The van der Waals surface area contributed by atoms with Crippen LogP contribution < -0.4 is 11.2 Å². The first-order chi connectivity index (χ1) is 13.6. The topological polar surface area (TPSA) is 95.4 Å². The lowest BCUT2D eigenvalue weighted by Crippen LogP contribution is -2.12. The third kappa shape index (κ3) is 3.35. The molecule has 2 heterocycles. The Labute approximate surface area is 162 Å². The van der Waals surface area contributed by atoms with Crippen molar-refractivity contribution in [2.24, 2.45) is 0 Å². The summed E-state index contributed by atoms with van der Waals surface area (Å²) in [7, 11) is 0. The minimum Gasteiger partial charge on any atom is -0.462 e. The minimum absolute atomic E-state index is 0.0106. The van der Waals surface area contributed by atoms with Gasteiger partial charge in [-0.2, -0.15) is 4.98 Å². The van der Waals surface area contributed by atoms with Crippen LogP contribution in [0.4, 0.5) is 5.82 Å². The summed E-state index contributed by atoms with van der Waals surface area (Å²) in [5.74, 6) is -0.133. The van der Waals surface area contributed by atoms with E-state index in [2.05, 4.69) is 4.98 Å². The standard InChI is InChI=1S/C22H24N2O4/c1-2-27-22(26)17-12-16-19(25)15-11-14(13-7-5-3-4-6-8-13)9-10-18(15)28-21(16)24-20(17)23/h9-13H,2-8H2,1H3,(H2,23,24). The van der Waals surface area contributed by atoms with Crippen molar-refractivity contribution >= 4 is 33.9 Å². The normalized spacial score (nSPS) is 15.6. The van der Waals surface area contributed by atoms with Crippen molar-refractivity contribution in [2.75, 3.05) is 12.3 Å². The Morgan fingerprint density at radius 1 is 1.18 bits per heavy atom. The summed E-state index contributed by atoms with van der Waals surface area (Å²) in [4.78, 5) is 29.4. The molecule has 2 N–H and O–H groups in total. The fourth-order valence-electron chi connectivity index (χ4n) is 4.05. The second kappa shape index (κ2) is 7.62. The number of nitrogens with zero attached hydrogens (tertiary/aromatic N) is 1. The van der Waals surface area contributed by atoms with Crippen LogP contribution in [-0.4, -0.2) is 17.6 Å². The van der Waals surface area contributed by atoms with E-state index in [0.29, 0.717) is 16.9 Å². The number of rotatable bonds is 3. The molecular formula is C22H24N2O4. The first-order valence-corrected chi connectivity index (χ1v) is 9.92. The zero-order valence-corrected chi connectivity index (χ0v) is 16.0. The van der Waals surface area contributed by atoms with Crippen molar-refractivity contribution in [2.45, 2.75) is 51.4 Å². The number of pyridine rings is 1. The highest BCUT2D eigenvalue weighted by Crippen LogP contribution is 2.33. The van der Waals surface area contributed by atoms with E-state index in [9.17, 15) is 9.59 Å². The van der Waals surface area contributed by atoms with Gasteiger partial charge in [0.05, 0.1) is 17.4 Å². The molecule has 0 atom stereocenters. The summed E-state index contributed by atoms with van der Waals surface area (Å²) in [5.41, 5.74) is 7.54. The van der Waals surface area contributed by atoms with Gasteiger partial charge in [0.1, 0.15) is 17.0 Å². The lowest BCUT2D eigenvalue weighted by molar-refractivity contribution is 0.0527. The number of hydrogen-bond donors (Lipinski definition) is 1. The van der Waals surface area contributed by atoms with Gasteiger partial charge >= 0.3 is 5.97 Å². The molecule has 1 saturated carbocycles. The maximum Gasteiger partial charge on any atom is 0.341 e. The summed E-state index contributed by atoms with van der Waals surface area (Å²) in [5, 5.41) is 0.749. The molecule has 6 nitrogen and oxygen atoms in total. The fraction of sp³-hybridized carbons (Fsp3) is 0.409. The molecule has 0 bridgehead atoms. The number of fused-ring (bicyclic) bond motifs is 2. The third-order valence-corrected chi connectivity index (χ3v) is 5.54. The second-order valence-corrected chi connectivity index (χ2v) is 7.37. The summed E-state index contributed by atoms with van der Waals surface area (Å²) in [6.45, 7) is 1.92. The van der Waals surface area contributed by atoms with Crippen LogP contribution in [0.3, 0.4) is 0 Å². The predicted molar refractivity (Wildman–Crippen MR) is 109 cm³/mol. The van der Waals surface area contributed by atoms with Crippen LogP contribution in [0.2, 0.25) is 0 Å². The van der Waals surface area contributed by atoms with Gasteiger partial charge in [-0.25, -0.2) is 4.79 Å². The van der Waals surface area contributed by atoms with Gasteiger partial charge in [-0.3, -0.25) is 4.79 Å². The van der Waals surface area contributed by atoms with Crippen LogP contribution in [0.15, 0.2) is 33.5 Å². The quantitative estimate of drug-likeness (QED) is 0.407.